The van der Waals surface area contributed by atoms with Crippen molar-refractivity contribution in [1.29, 1.82) is 0 Å². The number of hydrogen-bond donors (Lipinski definition) is 1. The Morgan fingerprint density at radius 1 is 1.09 bits per heavy atom. The fourth-order valence-corrected chi connectivity index (χ4v) is 2.21. The van der Waals surface area contributed by atoms with Crippen LogP contribution >= 0.6 is 0 Å². The van der Waals surface area contributed by atoms with Gasteiger partial charge in [0.15, 0.2) is 0 Å². The molecule has 1 fully saturated rings. The molecular formula is C9H19NO. The predicted octanol–water partition coefficient (Wildman–Crippen LogP) is 1.96. The molecule has 0 saturated heterocycles. The van der Waals surface area contributed by atoms with Crippen LogP contribution in [0.25, 0.3) is 0 Å². The fourth-order valence-electron chi connectivity index (χ4n) is 2.21. The molecule has 1 rings (SSSR count). The summed E-state index contributed by atoms with van der Waals surface area (Å²) in [6.07, 6.45) is 3.90. The summed E-state index contributed by atoms with van der Waals surface area (Å²) in [7, 11) is 1.70. The molecule has 2 unspecified atom stereocenters. The summed E-state index contributed by atoms with van der Waals surface area (Å²) in [5, 5.41) is 0. The highest BCUT2D eigenvalue weighted by Gasteiger charge is 2.23. The van der Waals surface area contributed by atoms with Crippen LogP contribution in [0.4, 0.5) is 0 Å². The van der Waals surface area contributed by atoms with E-state index in [1.165, 1.54) is 19.3 Å². The zero-order valence-electron chi connectivity index (χ0n) is 7.76. The Balaban J connectivity index is 2.30. The van der Waals surface area contributed by atoms with Gasteiger partial charge in [-0.3, -0.25) is 0 Å². The summed E-state index contributed by atoms with van der Waals surface area (Å²) in [6, 6.07) is 0.582. The third-order valence-corrected chi connectivity index (χ3v) is 2.46. The van der Waals surface area contributed by atoms with Gasteiger partial charge in [0.05, 0.1) is 7.11 Å². The van der Waals surface area contributed by atoms with E-state index in [1.54, 1.807) is 7.11 Å². The third kappa shape index (κ3) is 2.80. The van der Waals surface area contributed by atoms with Crippen molar-refractivity contribution in [3.63, 3.8) is 0 Å². The largest absolute Gasteiger partial charge is 0.305 e. The SMILES string of the molecule is CONC1CC(C)CC(C)C1. The van der Waals surface area contributed by atoms with Crippen LogP contribution in [-0.4, -0.2) is 13.2 Å². The quantitative estimate of drug-likeness (QED) is 0.619. The molecule has 2 heteroatoms. The van der Waals surface area contributed by atoms with Gasteiger partial charge in [-0.1, -0.05) is 13.8 Å². The Hall–Kier alpha value is -0.0800. The molecule has 0 aromatic carbocycles. The molecule has 0 spiro atoms. The molecule has 0 aliphatic heterocycles. The van der Waals surface area contributed by atoms with Crippen molar-refractivity contribution in [2.45, 2.75) is 39.2 Å². The van der Waals surface area contributed by atoms with Crippen LogP contribution in [-0.2, 0) is 4.84 Å². The van der Waals surface area contributed by atoms with Crippen molar-refractivity contribution < 1.29 is 4.84 Å². The summed E-state index contributed by atoms with van der Waals surface area (Å²) in [6.45, 7) is 4.64. The molecule has 11 heavy (non-hydrogen) atoms. The molecule has 1 N–H and O–H groups in total. The summed E-state index contributed by atoms with van der Waals surface area (Å²) in [5.74, 6) is 1.71. The highest BCUT2D eigenvalue weighted by molar-refractivity contribution is 4.77. The molecule has 0 heterocycles. The van der Waals surface area contributed by atoms with Gasteiger partial charge >= 0.3 is 0 Å². The van der Waals surface area contributed by atoms with Gasteiger partial charge in [0.1, 0.15) is 0 Å². The molecule has 2 nitrogen and oxygen atoms in total. The van der Waals surface area contributed by atoms with E-state index in [9.17, 15) is 0 Å². The van der Waals surface area contributed by atoms with Crippen LogP contribution in [0.3, 0.4) is 0 Å². The molecule has 1 aliphatic carbocycles. The maximum Gasteiger partial charge on any atom is 0.0572 e. The lowest BCUT2D eigenvalue weighted by Crippen LogP contribution is -2.35. The van der Waals surface area contributed by atoms with Crippen LogP contribution in [0, 0.1) is 11.8 Å². The van der Waals surface area contributed by atoms with E-state index >= 15 is 0 Å². The van der Waals surface area contributed by atoms with E-state index in [2.05, 4.69) is 19.3 Å². The first-order chi connectivity index (χ1) is 5.22. The van der Waals surface area contributed by atoms with E-state index in [4.69, 9.17) is 4.84 Å². The molecule has 0 bridgehead atoms. The first-order valence-corrected chi connectivity index (χ1v) is 4.51. The maximum absolute atomic E-state index is 4.93. The Bertz CT molecular complexity index is 106. The summed E-state index contributed by atoms with van der Waals surface area (Å²) in [5.41, 5.74) is 3.05. The van der Waals surface area contributed by atoms with Crippen molar-refractivity contribution >= 4 is 0 Å². The van der Waals surface area contributed by atoms with Gasteiger partial charge in [0.25, 0.3) is 0 Å². The average molecular weight is 157 g/mol. The van der Waals surface area contributed by atoms with E-state index in [1.807, 2.05) is 0 Å². The lowest BCUT2D eigenvalue weighted by Gasteiger charge is -2.31. The highest BCUT2D eigenvalue weighted by atomic mass is 16.6. The van der Waals surface area contributed by atoms with Gasteiger partial charge in [-0.15, -0.1) is 0 Å². The zero-order chi connectivity index (χ0) is 8.27. The van der Waals surface area contributed by atoms with Crippen molar-refractivity contribution in [3.05, 3.63) is 0 Å². The van der Waals surface area contributed by atoms with Crippen LogP contribution < -0.4 is 5.48 Å². The molecule has 1 saturated carbocycles. The van der Waals surface area contributed by atoms with Crippen molar-refractivity contribution in [1.82, 2.24) is 5.48 Å². The minimum absolute atomic E-state index is 0.582. The van der Waals surface area contributed by atoms with Gasteiger partial charge in [0.2, 0.25) is 0 Å². The lowest BCUT2D eigenvalue weighted by molar-refractivity contribution is 0.0333. The first-order valence-electron chi connectivity index (χ1n) is 4.51. The molecule has 0 aromatic heterocycles. The second kappa shape index (κ2) is 4.07. The minimum Gasteiger partial charge on any atom is -0.305 e. The van der Waals surface area contributed by atoms with Crippen LogP contribution in [0.15, 0.2) is 0 Å². The van der Waals surface area contributed by atoms with E-state index in [0.29, 0.717) is 6.04 Å². The Morgan fingerprint density at radius 2 is 1.64 bits per heavy atom. The summed E-state index contributed by atoms with van der Waals surface area (Å²) >= 11 is 0. The number of hydrogen-bond acceptors (Lipinski definition) is 2. The van der Waals surface area contributed by atoms with E-state index < -0.39 is 0 Å². The topological polar surface area (TPSA) is 21.3 Å². The Labute approximate surface area is 69.3 Å². The normalized spacial score (nSPS) is 39.0. The second-order valence-electron chi connectivity index (χ2n) is 3.94. The number of nitrogens with one attached hydrogen (secondary N) is 1. The third-order valence-electron chi connectivity index (χ3n) is 2.46. The molecule has 0 amide bonds. The van der Waals surface area contributed by atoms with Gasteiger partial charge < -0.3 is 4.84 Å². The minimum atomic E-state index is 0.582. The van der Waals surface area contributed by atoms with Crippen molar-refractivity contribution in [2.24, 2.45) is 11.8 Å². The zero-order valence-corrected chi connectivity index (χ0v) is 7.76. The molecule has 0 radical (unpaired) electrons. The van der Waals surface area contributed by atoms with Crippen LogP contribution in [0.5, 0.6) is 0 Å². The molecule has 2 atom stereocenters. The highest BCUT2D eigenvalue weighted by Crippen LogP contribution is 2.28. The average Bonchev–Trinajstić information content (AvgIpc) is 1.85. The van der Waals surface area contributed by atoms with E-state index in [0.717, 1.165) is 11.8 Å². The molecular weight excluding hydrogens is 138 g/mol. The maximum atomic E-state index is 4.93. The smallest absolute Gasteiger partial charge is 0.0572 e. The molecule has 0 aromatic rings. The monoisotopic (exact) mass is 157 g/mol. The van der Waals surface area contributed by atoms with Crippen LogP contribution in [0.1, 0.15) is 33.1 Å². The molecule has 66 valence electrons. The van der Waals surface area contributed by atoms with Gasteiger partial charge in [-0.05, 0) is 31.1 Å². The summed E-state index contributed by atoms with van der Waals surface area (Å²) in [4.78, 5) is 4.93. The Kier molecular flexibility index (Phi) is 3.34. The van der Waals surface area contributed by atoms with E-state index in [-0.39, 0.29) is 0 Å². The van der Waals surface area contributed by atoms with Gasteiger partial charge in [-0.25, -0.2) is 0 Å². The first kappa shape index (κ1) is 9.01. The van der Waals surface area contributed by atoms with Crippen molar-refractivity contribution in [2.75, 3.05) is 7.11 Å². The molecule has 1 aliphatic rings. The standard InChI is InChI=1S/C9H19NO/c1-7-4-8(2)6-9(5-7)10-11-3/h7-10H,4-6H2,1-3H3. The van der Waals surface area contributed by atoms with Crippen molar-refractivity contribution in [3.8, 4) is 0 Å². The van der Waals surface area contributed by atoms with Gasteiger partial charge in [-0.2, -0.15) is 5.48 Å². The predicted molar refractivity (Wildman–Crippen MR) is 46.1 cm³/mol. The van der Waals surface area contributed by atoms with Crippen LogP contribution in [0.2, 0.25) is 0 Å². The lowest BCUT2D eigenvalue weighted by atomic mass is 9.81. The number of hydroxylamine groups is 1. The number of rotatable bonds is 2. The fraction of sp³-hybridized carbons (Fsp3) is 1.00. The summed E-state index contributed by atoms with van der Waals surface area (Å²) < 4.78 is 0. The Morgan fingerprint density at radius 3 is 2.09 bits per heavy atom. The van der Waals surface area contributed by atoms with Gasteiger partial charge in [0, 0.05) is 6.04 Å². The second-order valence-corrected chi connectivity index (χ2v) is 3.94.